The van der Waals surface area contributed by atoms with Gasteiger partial charge in [-0.25, -0.2) is 19.3 Å². The molecule has 4 aromatic rings. The molecule has 3 aromatic heterocycles. The zero-order valence-corrected chi connectivity index (χ0v) is 20.9. The van der Waals surface area contributed by atoms with Gasteiger partial charge in [-0.15, -0.1) is 0 Å². The molecule has 5 rings (SSSR count). The number of halogens is 5. The van der Waals surface area contributed by atoms with Crippen LogP contribution < -0.4 is 19.4 Å². The standard InChI is InChI=1S/C26H22ClF4N6O/c1-38-37-9-6-17(7-10-37)24-33-22(18-4-5-21(28)20(27)15-18)16-23(34-24)35-11-13-36(14-12-35)25-19(26(29,30)31)3-2-8-32-25/h2-10,15-16H,11-14H2,1H3/q+1. The average Bonchev–Trinajstić information content (AvgIpc) is 2.94. The number of benzene rings is 1. The van der Waals surface area contributed by atoms with E-state index in [-0.39, 0.29) is 10.8 Å². The largest absolute Gasteiger partial charge is 0.419 e. The minimum atomic E-state index is -4.50. The smallest absolute Gasteiger partial charge is 0.353 e. The fraction of sp³-hybridized carbons (Fsp3) is 0.231. The molecule has 0 aliphatic carbocycles. The summed E-state index contributed by atoms with van der Waals surface area (Å²) in [5.41, 5.74) is 1.09. The van der Waals surface area contributed by atoms with E-state index in [1.54, 1.807) is 41.6 Å². The first kappa shape index (κ1) is 25.7. The van der Waals surface area contributed by atoms with Gasteiger partial charge in [0.2, 0.25) is 12.4 Å². The summed E-state index contributed by atoms with van der Waals surface area (Å²) < 4.78 is 55.9. The van der Waals surface area contributed by atoms with E-state index in [9.17, 15) is 17.6 Å². The molecule has 196 valence electrons. The molecule has 0 N–H and O–H groups in total. The maximum Gasteiger partial charge on any atom is 0.419 e. The quantitative estimate of drug-likeness (QED) is 0.268. The molecule has 0 atom stereocenters. The van der Waals surface area contributed by atoms with Crippen LogP contribution in [0.25, 0.3) is 22.6 Å². The number of pyridine rings is 2. The van der Waals surface area contributed by atoms with Gasteiger partial charge in [0.05, 0.1) is 16.3 Å². The van der Waals surface area contributed by atoms with Crippen LogP contribution in [-0.4, -0.2) is 48.2 Å². The van der Waals surface area contributed by atoms with Crippen molar-refractivity contribution in [2.75, 3.05) is 43.1 Å². The van der Waals surface area contributed by atoms with Crippen LogP contribution in [0.3, 0.4) is 0 Å². The van der Waals surface area contributed by atoms with E-state index in [0.29, 0.717) is 49.1 Å². The normalized spacial score (nSPS) is 14.1. The van der Waals surface area contributed by atoms with Crippen LogP contribution in [0.5, 0.6) is 0 Å². The molecule has 38 heavy (non-hydrogen) atoms. The van der Waals surface area contributed by atoms with Gasteiger partial charge in [0.15, 0.2) is 5.82 Å². The van der Waals surface area contributed by atoms with Crippen molar-refractivity contribution < 1.29 is 27.1 Å². The summed E-state index contributed by atoms with van der Waals surface area (Å²) in [6, 6.07) is 12.0. The van der Waals surface area contributed by atoms with Gasteiger partial charge < -0.3 is 9.80 Å². The molecular weight excluding hydrogens is 524 g/mol. The lowest BCUT2D eigenvalue weighted by Gasteiger charge is -2.37. The van der Waals surface area contributed by atoms with Crippen molar-refractivity contribution in [3.63, 3.8) is 0 Å². The van der Waals surface area contributed by atoms with Crippen molar-refractivity contribution in [2.24, 2.45) is 0 Å². The van der Waals surface area contributed by atoms with Crippen LogP contribution >= 0.6 is 11.6 Å². The van der Waals surface area contributed by atoms with E-state index >= 15 is 0 Å². The predicted octanol–water partition coefficient (Wildman–Crippen LogP) is 4.69. The van der Waals surface area contributed by atoms with Crippen molar-refractivity contribution in [1.82, 2.24) is 15.0 Å². The second-order valence-electron chi connectivity index (χ2n) is 8.54. The first-order chi connectivity index (χ1) is 18.2. The third-order valence-electron chi connectivity index (χ3n) is 6.19. The summed E-state index contributed by atoms with van der Waals surface area (Å²) in [6.07, 6.45) is 0.290. The van der Waals surface area contributed by atoms with Crippen molar-refractivity contribution in [2.45, 2.75) is 6.18 Å². The Bertz CT molecular complexity index is 1440. The Labute approximate surface area is 220 Å². The Balaban J connectivity index is 1.47. The number of hydrogen-bond donors (Lipinski definition) is 0. The van der Waals surface area contributed by atoms with Crippen molar-refractivity contribution in [3.05, 3.63) is 83.5 Å². The first-order valence-electron chi connectivity index (χ1n) is 11.7. The number of anilines is 2. The highest BCUT2D eigenvalue weighted by Gasteiger charge is 2.36. The van der Waals surface area contributed by atoms with E-state index in [4.69, 9.17) is 21.4 Å². The molecule has 1 saturated heterocycles. The Hall–Kier alpha value is -3.99. The van der Waals surface area contributed by atoms with E-state index in [2.05, 4.69) is 9.97 Å². The fourth-order valence-electron chi connectivity index (χ4n) is 4.23. The third kappa shape index (κ3) is 5.33. The van der Waals surface area contributed by atoms with Crippen molar-refractivity contribution in [3.8, 4) is 22.6 Å². The topological polar surface area (TPSA) is 58.3 Å². The molecule has 0 saturated carbocycles. The lowest BCUT2D eigenvalue weighted by Crippen LogP contribution is -2.47. The molecule has 0 amide bonds. The molecule has 0 unspecified atom stereocenters. The molecule has 1 aromatic carbocycles. The van der Waals surface area contributed by atoms with E-state index in [1.165, 1.54) is 36.2 Å². The summed E-state index contributed by atoms with van der Waals surface area (Å²) in [6.45, 7) is 1.45. The molecule has 1 fully saturated rings. The van der Waals surface area contributed by atoms with Crippen LogP contribution in [0.1, 0.15) is 5.56 Å². The highest BCUT2D eigenvalue weighted by Crippen LogP contribution is 2.36. The summed E-state index contributed by atoms with van der Waals surface area (Å²) in [4.78, 5) is 22.2. The highest BCUT2D eigenvalue weighted by molar-refractivity contribution is 6.31. The molecule has 4 heterocycles. The van der Waals surface area contributed by atoms with Crippen LogP contribution in [0.4, 0.5) is 29.2 Å². The van der Waals surface area contributed by atoms with E-state index in [1.807, 2.05) is 4.90 Å². The SMILES string of the molecule is CO[n+]1ccc(-c2nc(-c3ccc(F)c(Cl)c3)cc(N3CCN(c4ncccc4C(F)(F)F)CC3)n2)cc1. The predicted molar refractivity (Wildman–Crippen MR) is 134 cm³/mol. The van der Waals surface area contributed by atoms with Crippen LogP contribution in [-0.2, 0) is 6.18 Å². The minimum Gasteiger partial charge on any atom is -0.353 e. The van der Waals surface area contributed by atoms with E-state index < -0.39 is 17.6 Å². The number of piperazine rings is 1. The average molecular weight is 546 g/mol. The van der Waals surface area contributed by atoms with E-state index in [0.717, 1.165) is 11.6 Å². The lowest BCUT2D eigenvalue weighted by molar-refractivity contribution is -0.885. The summed E-state index contributed by atoms with van der Waals surface area (Å²) in [7, 11) is 1.54. The van der Waals surface area contributed by atoms with Crippen molar-refractivity contribution >= 4 is 23.2 Å². The number of nitrogens with zero attached hydrogens (tertiary/aromatic N) is 6. The Morgan fingerprint density at radius 3 is 2.29 bits per heavy atom. The van der Waals surface area contributed by atoms with Gasteiger partial charge in [0.25, 0.3) is 0 Å². The number of alkyl halides is 3. The zero-order chi connectivity index (χ0) is 26.9. The molecule has 12 heteroatoms. The molecular formula is C26H22ClF4N6O+. The monoisotopic (exact) mass is 545 g/mol. The lowest BCUT2D eigenvalue weighted by atomic mass is 10.1. The molecule has 0 radical (unpaired) electrons. The minimum absolute atomic E-state index is 0.0329. The Kier molecular flexibility index (Phi) is 7.02. The van der Waals surface area contributed by atoms with Crippen LogP contribution in [0, 0.1) is 5.82 Å². The Morgan fingerprint density at radius 2 is 1.63 bits per heavy atom. The second kappa shape index (κ2) is 10.4. The first-order valence-corrected chi connectivity index (χ1v) is 12.0. The Morgan fingerprint density at radius 1 is 0.921 bits per heavy atom. The van der Waals surface area contributed by atoms with Gasteiger partial charge in [0, 0.05) is 66.4 Å². The van der Waals surface area contributed by atoms with Gasteiger partial charge in [-0.05, 0) is 30.3 Å². The summed E-state index contributed by atoms with van der Waals surface area (Å²) in [5, 5.41) is -0.0329. The van der Waals surface area contributed by atoms with Gasteiger partial charge in [-0.1, -0.05) is 11.6 Å². The number of hydrogen-bond acceptors (Lipinski definition) is 6. The number of rotatable bonds is 5. The molecule has 0 bridgehead atoms. The van der Waals surface area contributed by atoms with Crippen molar-refractivity contribution in [1.29, 1.82) is 0 Å². The maximum atomic E-state index is 13.8. The molecule has 1 aliphatic rings. The van der Waals surface area contributed by atoms with Gasteiger partial charge in [-0.3, -0.25) is 4.84 Å². The van der Waals surface area contributed by atoms with Crippen LogP contribution in [0.2, 0.25) is 5.02 Å². The molecule has 7 nitrogen and oxygen atoms in total. The summed E-state index contributed by atoms with van der Waals surface area (Å²) in [5.74, 6) is 0.389. The molecule has 0 spiro atoms. The molecule has 1 aliphatic heterocycles. The summed E-state index contributed by atoms with van der Waals surface area (Å²) >= 11 is 6.02. The van der Waals surface area contributed by atoms with Gasteiger partial charge >= 0.3 is 6.18 Å². The third-order valence-corrected chi connectivity index (χ3v) is 6.48. The second-order valence-corrected chi connectivity index (χ2v) is 8.95. The highest BCUT2D eigenvalue weighted by atomic mass is 35.5. The maximum absolute atomic E-state index is 13.8. The van der Waals surface area contributed by atoms with Gasteiger partial charge in [0.1, 0.15) is 24.6 Å². The van der Waals surface area contributed by atoms with Crippen LogP contribution in [0.15, 0.2) is 67.1 Å². The zero-order valence-electron chi connectivity index (χ0n) is 20.2. The number of aromatic nitrogens is 4. The fourth-order valence-corrected chi connectivity index (χ4v) is 4.41. The van der Waals surface area contributed by atoms with Gasteiger partial charge in [-0.2, -0.15) is 13.2 Å².